The summed E-state index contributed by atoms with van der Waals surface area (Å²) in [5, 5.41) is 14.6. The molecule has 1 unspecified atom stereocenters. The number of likely N-dealkylation sites (tertiary alicyclic amines) is 1. The summed E-state index contributed by atoms with van der Waals surface area (Å²) in [6.07, 6.45) is 0.964. The fourth-order valence-electron chi connectivity index (χ4n) is 3.00. The molecule has 1 atom stereocenters. The van der Waals surface area contributed by atoms with E-state index in [2.05, 4.69) is 10.1 Å². The highest BCUT2D eigenvalue weighted by Crippen LogP contribution is 2.38. The van der Waals surface area contributed by atoms with E-state index < -0.39 is 5.60 Å². The number of fused-ring (bicyclic) bond motifs is 1. The average Bonchev–Trinajstić information content (AvgIpc) is 3.32. The van der Waals surface area contributed by atoms with Crippen molar-refractivity contribution in [2.24, 2.45) is 0 Å². The fraction of sp³-hybridized carbons (Fsp3) is 0.438. The van der Waals surface area contributed by atoms with Gasteiger partial charge in [-0.15, -0.1) is 0 Å². The molecule has 0 bridgehead atoms. The Kier molecular flexibility index (Phi) is 3.42. The molecule has 1 aromatic heterocycles. The third-order valence-electron chi connectivity index (χ3n) is 4.34. The van der Waals surface area contributed by atoms with Gasteiger partial charge < -0.3 is 24.0 Å². The summed E-state index contributed by atoms with van der Waals surface area (Å²) in [6, 6.07) is 5.19. The van der Waals surface area contributed by atoms with Crippen molar-refractivity contribution in [3.8, 4) is 11.5 Å². The number of β-amino-alcohol motifs (C(OH)–C–C–N with tert-alkyl or cyclic N) is 1. The van der Waals surface area contributed by atoms with E-state index in [0.29, 0.717) is 42.3 Å². The largest absolute Gasteiger partial charge is 0.454 e. The van der Waals surface area contributed by atoms with Crippen molar-refractivity contribution in [1.29, 1.82) is 0 Å². The van der Waals surface area contributed by atoms with Crippen LogP contribution in [0.4, 0.5) is 0 Å². The summed E-state index contributed by atoms with van der Waals surface area (Å²) in [5.74, 6) is 1.48. The van der Waals surface area contributed by atoms with Crippen LogP contribution in [-0.4, -0.2) is 45.9 Å². The molecule has 0 saturated carbocycles. The summed E-state index contributed by atoms with van der Waals surface area (Å²) in [7, 11) is 0. The van der Waals surface area contributed by atoms with Crippen LogP contribution in [-0.2, 0) is 12.0 Å². The molecule has 126 valence electrons. The molecule has 2 aliphatic rings. The van der Waals surface area contributed by atoms with Gasteiger partial charge >= 0.3 is 0 Å². The number of amides is 1. The molecule has 3 heterocycles. The van der Waals surface area contributed by atoms with Crippen LogP contribution in [0.2, 0.25) is 0 Å². The summed E-state index contributed by atoms with van der Waals surface area (Å²) >= 11 is 0. The van der Waals surface area contributed by atoms with Crippen LogP contribution in [0.1, 0.15) is 35.4 Å². The van der Waals surface area contributed by atoms with Crippen molar-refractivity contribution < 1.29 is 23.9 Å². The fourth-order valence-corrected chi connectivity index (χ4v) is 3.00. The highest BCUT2D eigenvalue weighted by molar-refractivity contribution is 5.98. The minimum Gasteiger partial charge on any atom is -0.454 e. The van der Waals surface area contributed by atoms with Gasteiger partial charge in [-0.1, -0.05) is 18.1 Å². The number of rotatable bonds is 3. The lowest BCUT2D eigenvalue weighted by molar-refractivity contribution is 0.0136. The first-order chi connectivity index (χ1) is 11.6. The standard InChI is InChI=1S/C16H17N3O5/c1-2-12-17-15(24-18-12)16(21)6-7-19(8-16)14(20)10-4-3-5-11-13(10)23-9-22-11/h3-5,21H,2,6-9H2,1H3. The number of hydrogen-bond donors (Lipinski definition) is 1. The number of aromatic nitrogens is 2. The van der Waals surface area contributed by atoms with E-state index in [-0.39, 0.29) is 25.1 Å². The Morgan fingerprint density at radius 3 is 3.08 bits per heavy atom. The second-order valence-electron chi connectivity index (χ2n) is 5.92. The van der Waals surface area contributed by atoms with Crippen LogP contribution in [0, 0.1) is 0 Å². The van der Waals surface area contributed by atoms with Gasteiger partial charge in [0.05, 0.1) is 12.1 Å². The maximum absolute atomic E-state index is 12.8. The molecular formula is C16H17N3O5. The Morgan fingerprint density at radius 1 is 1.42 bits per heavy atom. The number of ether oxygens (including phenoxy) is 2. The van der Waals surface area contributed by atoms with E-state index >= 15 is 0 Å². The minimum absolute atomic E-state index is 0.0989. The Hall–Kier alpha value is -2.61. The van der Waals surface area contributed by atoms with Crippen molar-refractivity contribution >= 4 is 5.91 Å². The number of aliphatic hydroxyl groups is 1. The molecule has 0 aliphatic carbocycles. The van der Waals surface area contributed by atoms with E-state index in [1.807, 2.05) is 6.92 Å². The average molecular weight is 331 g/mol. The number of para-hydroxylation sites is 1. The molecule has 24 heavy (non-hydrogen) atoms. The summed E-state index contributed by atoms with van der Waals surface area (Å²) in [4.78, 5) is 18.6. The van der Waals surface area contributed by atoms with Crippen molar-refractivity contribution in [3.05, 3.63) is 35.5 Å². The molecule has 1 fully saturated rings. The van der Waals surface area contributed by atoms with E-state index in [9.17, 15) is 9.90 Å². The van der Waals surface area contributed by atoms with Crippen molar-refractivity contribution in [2.75, 3.05) is 19.9 Å². The molecule has 4 rings (SSSR count). The van der Waals surface area contributed by atoms with Crippen LogP contribution in [0.15, 0.2) is 22.7 Å². The number of nitrogens with zero attached hydrogens (tertiary/aromatic N) is 3. The molecular weight excluding hydrogens is 314 g/mol. The zero-order chi connectivity index (χ0) is 16.7. The number of hydrogen-bond acceptors (Lipinski definition) is 7. The lowest BCUT2D eigenvalue weighted by Gasteiger charge is -2.20. The summed E-state index contributed by atoms with van der Waals surface area (Å²) in [6.45, 7) is 2.50. The lowest BCUT2D eigenvalue weighted by atomic mass is 10.0. The Morgan fingerprint density at radius 2 is 2.29 bits per heavy atom. The minimum atomic E-state index is -1.31. The summed E-state index contributed by atoms with van der Waals surface area (Å²) in [5.41, 5.74) is -0.889. The lowest BCUT2D eigenvalue weighted by Crippen LogP contribution is -2.34. The van der Waals surface area contributed by atoms with Crippen LogP contribution in [0.5, 0.6) is 11.5 Å². The van der Waals surface area contributed by atoms with Crippen molar-refractivity contribution in [2.45, 2.75) is 25.4 Å². The van der Waals surface area contributed by atoms with Crippen molar-refractivity contribution in [3.63, 3.8) is 0 Å². The topological polar surface area (TPSA) is 97.9 Å². The van der Waals surface area contributed by atoms with Crippen LogP contribution in [0.3, 0.4) is 0 Å². The number of aryl methyl sites for hydroxylation is 1. The number of benzene rings is 1. The van der Waals surface area contributed by atoms with Crippen molar-refractivity contribution in [1.82, 2.24) is 15.0 Å². The van der Waals surface area contributed by atoms with Gasteiger partial charge in [-0.05, 0) is 12.1 Å². The molecule has 8 heteroatoms. The summed E-state index contributed by atoms with van der Waals surface area (Å²) < 4.78 is 15.8. The zero-order valence-corrected chi connectivity index (χ0v) is 13.2. The first-order valence-electron chi connectivity index (χ1n) is 7.84. The molecule has 1 N–H and O–H groups in total. The molecule has 8 nitrogen and oxygen atoms in total. The maximum atomic E-state index is 12.8. The van der Waals surface area contributed by atoms with Crippen LogP contribution < -0.4 is 9.47 Å². The monoisotopic (exact) mass is 331 g/mol. The van der Waals surface area contributed by atoms with Gasteiger partial charge in [0.1, 0.15) is 0 Å². The van der Waals surface area contributed by atoms with Crippen LogP contribution >= 0.6 is 0 Å². The predicted molar refractivity (Wildman–Crippen MR) is 80.7 cm³/mol. The van der Waals surface area contributed by atoms with Crippen LogP contribution in [0.25, 0.3) is 0 Å². The normalized spacial score (nSPS) is 22.2. The van der Waals surface area contributed by atoms with Gasteiger partial charge in [-0.2, -0.15) is 4.98 Å². The van der Waals surface area contributed by atoms with Gasteiger partial charge in [0.15, 0.2) is 22.9 Å². The smallest absolute Gasteiger partial charge is 0.260 e. The quantitative estimate of drug-likeness (QED) is 0.899. The third kappa shape index (κ3) is 2.30. The number of carbonyl (C=O) groups excluding carboxylic acids is 1. The molecule has 2 aliphatic heterocycles. The van der Waals surface area contributed by atoms with Gasteiger partial charge in [0.2, 0.25) is 6.79 Å². The molecule has 0 radical (unpaired) electrons. The second-order valence-corrected chi connectivity index (χ2v) is 5.92. The highest BCUT2D eigenvalue weighted by Gasteiger charge is 2.45. The van der Waals surface area contributed by atoms with Gasteiger partial charge in [-0.3, -0.25) is 4.79 Å². The first-order valence-corrected chi connectivity index (χ1v) is 7.84. The van der Waals surface area contributed by atoms with Gasteiger partial charge in [-0.25, -0.2) is 0 Å². The molecule has 1 aromatic carbocycles. The Balaban J connectivity index is 1.56. The molecule has 2 aromatic rings. The SMILES string of the molecule is CCc1noc(C2(O)CCN(C(=O)c3cccc4c3OCO4)C2)n1. The van der Waals surface area contributed by atoms with E-state index in [1.165, 1.54) is 0 Å². The first kappa shape index (κ1) is 14.9. The van der Waals surface area contributed by atoms with E-state index in [0.717, 1.165) is 0 Å². The van der Waals surface area contributed by atoms with Gasteiger partial charge in [0, 0.05) is 19.4 Å². The Labute approximate surface area is 138 Å². The molecule has 1 amide bonds. The Bertz CT molecular complexity index is 790. The predicted octanol–water partition coefficient (Wildman–Crippen LogP) is 1.09. The second kappa shape index (κ2) is 5.48. The maximum Gasteiger partial charge on any atom is 0.260 e. The zero-order valence-electron chi connectivity index (χ0n) is 13.2. The third-order valence-corrected chi connectivity index (χ3v) is 4.34. The van der Waals surface area contributed by atoms with E-state index in [1.54, 1.807) is 23.1 Å². The highest BCUT2D eigenvalue weighted by atomic mass is 16.7. The van der Waals surface area contributed by atoms with E-state index in [4.69, 9.17) is 14.0 Å². The number of carbonyl (C=O) groups is 1. The molecule has 1 saturated heterocycles. The molecule has 0 spiro atoms. The van der Waals surface area contributed by atoms with Gasteiger partial charge in [0.25, 0.3) is 11.8 Å².